The summed E-state index contributed by atoms with van der Waals surface area (Å²) < 4.78 is 5.58. The maximum Gasteiger partial charge on any atom is 0.216 e. The highest BCUT2D eigenvalue weighted by molar-refractivity contribution is 5.72. The van der Waals surface area contributed by atoms with Gasteiger partial charge in [0.2, 0.25) is 5.91 Å². The topological polar surface area (TPSA) is 58.6 Å². The zero-order valence-corrected chi connectivity index (χ0v) is 9.80. The van der Waals surface area contributed by atoms with E-state index in [9.17, 15) is 4.79 Å². The monoisotopic (exact) mass is 215 g/mol. The minimum absolute atomic E-state index is 0.0124. The van der Waals surface area contributed by atoms with Crippen molar-refractivity contribution in [3.63, 3.8) is 0 Å². The molecule has 3 fully saturated rings. The zero-order chi connectivity index (χ0) is 11.5. The summed E-state index contributed by atoms with van der Waals surface area (Å²) in [4.78, 5) is 10.7. The second kappa shape index (κ2) is 4.49. The van der Waals surface area contributed by atoms with Gasteiger partial charge in [-0.15, -0.1) is 0 Å². The maximum atomic E-state index is 10.7. The maximum absolute atomic E-state index is 10.7. The van der Waals surface area contributed by atoms with Crippen molar-refractivity contribution in [2.45, 2.75) is 39.2 Å². The third-order valence-corrected chi connectivity index (χ3v) is 3.07. The number of carbonyl (C=O) groups excluding carboxylic acids is 1. The summed E-state index contributed by atoms with van der Waals surface area (Å²) in [5.74, 6) is -0.0219. The average molecular weight is 215 g/mol. The summed E-state index contributed by atoms with van der Waals surface area (Å²) in [6, 6.07) is 0. The van der Waals surface area contributed by atoms with E-state index in [4.69, 9.17) is 9.84 Å². The number of hydrogen-bond acceptors (Lipinski definition) is 3. The molecule has 0 unspecified atom stereocenters. The van der Waals surface area contributed by atoms with E-state index in [0.29, 0.717) is 13.2 Å². The van der Waals surface area contributed by atoms with Crippen LogP contribution < -0.4 is 5.32 Å². The molecular weight excluding hydrogens is 194 g/mol. The summed E-state index contributed by atoms with van der Waals surface area (Å²) in [6.45, 7) is 6.94. The lowest BCUT2D eigenvalue weighted by molar-refractivity contribution is -0.121. The van der Waals surface area contributed by atoms with Gasteiger partial charge >= 0.3 is 0 Å². The van der Waals surface area contributed by atoms with Crippen LogP contribution in [0.3, 0.4) is 0 Å². The molecule has 15 heavy (non-hydrogen) atoms. The number of fused-ring (bicyclic) bond motifs is 1. The van der Waals surface area contributed by atoms with E-state index >= 15 is 0 Å². The summed E-state index contributed by atoms with van der Waals surface area (Å²) in [5, 5.41) is 11.8. The summed E-state index contributed by atoms with van der Waals surface area (Å²) >= 11 is 0. The molecule has 2 saturated heterocycles. The molecule has 2 aliphatic heterocycles. The third-order valence-electron chi connectivity index (χ3n) is 3.07. The predicted octanol–water partition coefficient (Wildman–Crippen LogP) is 0.690. The lowest BCUT2D eigenvalue weighted by atomic mass is 9.63. The Kier molecular flexibility index (Phi) is 3.73. The number of rotatable bonds is 3. The number of nitrogens with one attached hydrogen (secondary N) is 1. The molecule has 4 nitrogen and oxygen atoms in total. The Bertz CT molecular complexity index is 234. The van der Waals surface area contributed by atoms with Gasteiger partial charge in [-0.1, -0.05) is 13.8 Å². The van der Waals surface area contributed by atoms with E-state index in [0.717, 1.165) is 12.8 Å². The first-order valence-corrected chi connectivity index (χ1v) is 5.59. The Morgan fingerprint density at radius 3 is 2.47 bits per heavy atom. The third kappa shape index (κ3) is 2.32. The zero-order valence-electron chi connectivity index (χ0n) is 9.80. The lowest BCUT2D eigenvalue weighted by Gasteiger charge is -2.43. The van der Waals surface area contributed by atoms with Gasteiger partial charge in [0.05, 0.1) is 18.8 Å². The fourth-order valence-electron chi connectivity index (χ4n) is 2.44. The van der Waals surface area contributed by atoms with Crippen LogP contribution in [0.25, 0.3) is 0 Å². The molecule has 0 atom stereocenters. The molecule has 2 N–H and O–H groups in total. The number of aliphatic hydroxyl groups is 1. The van der Waals surface area contributed by atoms with Crippen molar-refractivity contribution >= 4 is 5.91 Å². The molecule has 1 amide bonds. The van der Waals surface area contributed by atoms with Gasteiger partial charge in [-0.3, -0.25) is 4.79 Å². The first-order valence-electron chi connectivity index (χ1n) is 5.59. The van der Waals surface area contributed by atoms with E-state index in [1.165, 1.54) is 6.92 Å². The van der Waals surface area contributed by atoms with Gasteiger partial charge in [0.15, 0.2) is 0 Å². The van der Waals surface area contributed by atoms with Gasteiger partial charge in [-0.05, 0) is 12.8 Å². The molecule has 0 aromatic carbocycles. The number of carbonyl (C=O) groups is 1. The fraction of sp³-hybridized carbons (Fsp3) is 0.909. The van der Waals surface area contributed by atoms with Crippen LogP contribution in [-0.4, -0.2) is 36.4 Å². The minimum atomic E-state index is -0.158. The molecule has 4 heteroatoms. The van der Waals surface area contributed by atoms with Gasteiger partial charge in [0.25, 0.3) is 0 Å². The number of ether oxygens (including phenoxy) is 1. The second-order valence-corrected chi connectivity index (χ2v) is 4.39. The molecule has 0 aromatic rings. The first kappa shape index (κ1) is 12.5. The predicted molar refractivity (Wildman–Crippen MR) is 57.5 cm³/mol. The Hall–Kier alpha value is -0.610. The Balaban J connectivity index is 0.000000531. The van der Waals surface area contributed by atoms with Crippen LogP contribution in [0.5, 0.6) is 0 Å². The summed E-state index contributed by atoms with van der Waals surface area (Å²) in [5.41, 5.74) is -0.146. The van der Waals surface area contributed by atoms with E-state index in [2.05, 4.69) is 5.32 Å². The van der Waals surface area contributed by atoms with Crippen molar-refractivity contribution in [3.8, 4) is 0 Å². The number of aliphatic hydroxyl groups excluding tert-OH is 1. The summed E-state index contributed by atoms with van der Waals surface area (Å²) in [7, 11) is 0. The van der Waals surface area contributed by atoms with Gasteiger partial charge < -0.3 is 15.2 Å². The second-order valence-electron chi connectivity index (χ2n) is 4.39. The Labute approximate surface area is 91.0 Å². The van der Waals surface area contributed by atoms with Gasteiger partial charge in [0, 0.05) is 18.9 Å². The summed E-state index contributed by atoms with van der Waals surface area (Å²) in [6.07, 6.45) is 1.77. The van der Waals surface area contributed by atoms with Crippen LogP contribution in [0.1, 0.15) is 33.6 Å². The standard InChI is InChI=1S/C9H15NO3.C2H6/c1-7(12)10-4-9-2-8(3-9,5-11)6-13-9;1-2/h11H,2-6H2,1H3,(H,10,12);1-2H3. The molecule has 2 bridgehead atoms. The molecule has 1 aliphatic carbocycles. The van der Waals surface area contributed by atoms with Crippen molar-refractivity contribution < 1.29 is 14.6 Å². The van der Waals surface area contributed by atoms with Crippen LogP contribution in [0.2, 0.25) is 0 Å². The normalized spacial score (nSPS) is 36.3. The van der Waals surface area contributed by atoms with Crippen molar-refractivity contribution in [2.75, 3.05) is 19.8 Å². The molecule has 1 saturated carbocycles. The van der Waals surface area contributed by atoms with Crippen LogP contribution in [-0.2, 0) is 9.53 Å². The van der Waals surface area contributed by atoms with E-state index in [-0.39, 0.29) is 23.5 Å². The van der Waals surface area contributed by atoms with Crippen molar-refractivity contribution in [1.82, 2.24) is 5.32 Å². The van der Waals surface area contributed by atoms with Crippen LogP contribution in [0.4, 0.5) is 0 Å². The first-order chi connectivity index (χ1) is 7.10. The van der Waals surface area contributed by atoms with Crippen LogP contribution >= 0.6 is 0 Å². The molecule has 0 aromatic heterocycles. The van der Waals surface area contributed by atoms with Crippen molar-refractivity contribution in [2.24, 2.45) is 5.41 Å². The Morgan fingerprint density at radius 2 is 2.07 bits per heavy atom. The molecular formula is C11H21NO3. The largest absolute Gasteiger partial charge is 0.396 e. The molecule has 0 spiro atoms. The lowest BCUT2D eigenvalue weighted by Crippen LogP contribution is -2.52. The van der Waals surface area contributed by atoms with E-state index in [1.807, 2.05) is 13.8 Å². The smallest absolute Gasteiger partial charge is 0.216 e. The molecule has 2 heterocycles. The SMILES string of the molecule is CC.CC(=O)NCC12CC(CO)(CO1)C2. The molecule has 88 valence electrons. The quantitative estimate of drug-likeness (QED) is 0.728. The van der Waals surface area contributed by atoms with E-state index < -0.39 is 0 Å². The van der Waals surface area contributed by atoms with Crippen molar-refractivity contribution in [3.05, 3.63) is 0 Å². The fourth-order valence-corrected chi connectivity index (χ4v) is 2.44. The van der Waals surface area contributed by atoms with Crippen molar-refractivity contribution in [1.29, 1.82) is 0 Å². The number of hydrogen-bond donors (Lipinski definition) is 2. The molecule has 3 aliphatic rings. The highest BCUT2D eigenvalue weighted by atomic mass is 16.5. The van der Waals surface area contributed by atoms with E-state index in [1.54, 1.807) is 0 Å². The number of amides is 1. The van der Waals surface area contributed by atoms with Crippen LogP contribution in [0.15, 0.2) is 0 Å². The molecule has 0 radical (unpaired) electrons. The average Bonchev–Trinajstić information content (AvgIpc) is 2.73. The highest BCUT2D eigenvalue weighted by Crippen LogP contribution is 2.57. The van der Waals surface area contributed by atoms with Gasteiger partial charge in [-0.25, -0.2) is 0 Å². The highest BCUT2D eigenvalue weighted by Gasteiger charge is 2.61. The minimum Gasteiger partial charge on any atom is -0.396 e. The van der Waals surface area contributed by atoms with Gasteiger partial charge in [0.1, 0.15) is 0 Å². The molecule has 3 rings (SSSR count). The van der Waals surface area contributed by atoms with Crippen LogP contribution in [0, 0.1) is 5.41 Å². The van der Waals surface area contributed by atoms with Gasteiger partial charge in [-0.2, -0.15) is 0 Å². The Morgan fingerprint density at radius 1 is 1.47 bits per heavy atom.